The van der Waals surface area contributed by atoms with Crippen LogP contribution in [-0.2, 0) is 9.59 Å². The fourth-order valence-electron chi connectivity index (χ4n) is 2.35. The summed E-state index contributed by atoms with van der Waals surface area (Å²) >= 11 is 0. The number of carboxylic acid groups (broad SMARTS) is 1. The lowest BCUT2D eigenvalue weighted by Crippen LogP contribution is -2.32. The minimum absolute atomic E-state index is 0.0905. The zero-order chi connectivity index (χ0) is 14.1. The van der Waals surface area contributed by atoms with Gasteiger partial charge in [-0.25, -0.2) is 0 Å². The van der Waals surface area contributed by atoms with Crippen molar-refractivity contribution in [2.24, 2.45) is 11.8 Å². The summed E-state index contributed by atoms with van der Waals surface area (Å²) in [7, 11) is 0. The number of amides is 1. The Hall–Kier alpha value is -1.10. The molecular formula is C14H26N2O3. The molecule has 1 amide bonds. The van der Waals surface area contributed by atoms with Crippen molar-refractivity contribution in [3.05, 3.63) is 0 Å². The van der Waals surface area contributed by atoms with Crippen molar-refractivity contribution >= 4 is 11.9 Å². The molecule has 0 aromatic carbocycles. The fraction of sp³-hybridized carbons (Fsp3) is 0.857. The Balaban J connectivity index is 2.05. The van der Waals surface area contributed by atoms with Crippen LogP contribution in [0.25, 0.3) is 0 Å². The molecule has 1 heterocycles. The van der Waals surface area contributed by atoms with Crippen molar-refractivity contribution in [1.82, 2.24) is 10.6 Å². The highest BCUT2D eigenvalue weighted by molar-refractivity contribution is 5.75. The smallest absolute Gasteiger partial charge is 0.303 e. The maximum absolute atomic E-state index is 11.7. The Kier molecular flexibility index (Phi) is 7.48. The topological polar surface area (TPSA) is 78.4 Å². The molecule has 2 unspecified atom stereocenters. The molecule has 2 atom stereocenters. The molecule has 5 nitrogen and oxygen atoms in total. The lowest BCUT2D eigenvalue weighted by atomic mass is 9.94. The molecule has 1 aliphatic rings. The van der Waals surface area contributed by atoms with Crippen LogP contribution in [0.5, 0.6) is 0 Å². The summed E-state index contributed by atoms with van der Waals surface area (Å²) in [6.07, 6.45) is 4.74. The predicted molar refractivity (Wildman–Crippen MR) is 73.9 cm³/mol. The Labute approximate surface area is 115 Å². The Bertz CT molecular complexity index is 288. The molecule has 19 heavy (non-hydrogen) atoms. The number of nitrogens with one attached hydrogen (secondary N) is 2. The molecule has 5 heteroatoms. The molecule has 0 saturated carbocycles. The summed E-state index contributed by atoms with van der Waals surface area (Å²) in [5.41, 5.74) is 0. The lowest BCUT2D eigenvalue weighted by molar-refractivity contribution is -0.137. The quantitative estimate of drug-likeness (QED) is 0.622. The summed E-state index contributed by atoms with van der Waals surface area (Å²) in [6.45, 7) is 4.68. The third-order valence-corrected chi connectivity index (χ3v) is 3.68. The first-order chi connectivity index (χ1) is 9.08. The molecule has 110 valence electrons. The van der Waals surface area contributed by atoms with Gasteiger partial charge in [0.2, 0.25) is 5.91 Å². The molecule has 1 fully saturated rings. The molecular weight excluding hydrogens is 244 g/mol. The standard InChI is InChI=1S/C14H26N2O3/c1-11(4-7-14(18)19)9-16-13(17)6-5-12-3-2-8-15-10-12/h11-12,15H,2-10H2,1H3,(H,16,17)(H,18,19). The van der Waals surface area contributed by atoms with E-state index in [1.54, 1.807) is 0 Å². The molecule has 1 rings (SSSR count). The average molecular weight is 270 g/mol. The van der Waals surface area contributed by atoms with Gasteiger partial charge in [0.1, 0.15) is 0 Å². The molecule has 0 aliphatic carbocycles. The van der Waals surface area contributed by atoms with Crippen LogP contribution in [0.4, 0.5) is 0 Å². The summed E-state index contributed by atoms with van der Waals surface area (Å²) in [6, 6.07) is 0. The van der Waals surface area contributed by atoms with E-state index in [9.17, 15) is 9.59 Å². The number of hydrogen-bond acceptors (Lipinski definition) is 3. The van der Waals surface area contributed by atoms with E-state index in [0.29, 0.717) is 25.3 Å². The first-order valence-electron chi connectivity index (χ1n) is 7.27. The van der Waals surface area contributed by atoms with Gasteiger partial charge in [-0.3, -0.25) is 9.59 Å². The van der Waals surface area contributed by atoms with Crippen LogP contribution < -0.4 is 10.6 Å². The first-order valence-corrected chi connectivity index (χ1v) is 7.27. The summed E-state index contributed by atoms with van der Waals surface area (Å²) < 4.78 is 0. The fourth-order valence-corrected chi connectivity index (χ4v) is 2.35. The Morgan fingerprint density at radius 3 is 2.84 bits per heavy atom. The Morgan fingerprint density at radius 1 is 1.42 bits per heavy atom. The molecule has 0 aromatic rings. The van der Waals surface area contributed by atoms with Gasteiger partial charge < -0.3 is 15.7 Å². The van der Waals surface area contributed by atoms with Crippen molar-refractivity contribution in [1.29, 1.82) is 0 Å². The number of piperidine rings is 1. The van der Waals surface area contributed by atoms with Gasteiger partial charge in [0.15, 0.2) is 0 Å². The van der Waals surface area contributed by atoms with Crippen molar-refractivity contribution < 1.29 is 14.7 Å². The molecule has 1 aliphatic heterocycles. The molecule has 3 N–H and O–H groups in total. The van der Waals surface area contributed by atoms with Crippen LogP contribution in [0.1, 0.15) is 45.4 Å². The normalized spacial score (nSPS) is 20.8. The number of carbonyl (C=O) groups is 2. The van der Waals surface area contributed by atoms with Gasteiger partial charge in [0, 0.05) is 19.4 Å². The van der Waals surface area contributed by atoms with Gasteiger partial charge in [-0.2, -0.15) is 0 Å². The van der Waals surface area contributed by atoms with Crippen LogP contribution >= 0.6 is 0 Å². The van der Waals surface area contributed by atoms with Gasteiger partial charge in [-0.05, 0) is 50.6 Å². The van der Waals surface area contributed by atoms with Gasteiger partial charge in [0.25, 0.3) is 0 Å². The summed E-state index contributed by atoms with van der Waals surface area (Å²) in [4.78, 5) is 22.1. The second-order valence-electron chi connectivity index (χ2n) is 5.59. The highest BCUT2D eigenvalue weighted by Crippen LogP contribution is 2.15. The maximum atomic E-state index is 11.7. The van der Waals surface area contributed by atoms with Crippen LogP contribution in [-0.4, -0.2) is 36.6 Å². The van der Waals surface area contributed by atoms with Crippen molar-refractivity contribution in [2.45, 2.75) is 45.4 Å². The largest absolute Gasteiger partial charge is 0.481 e. The third-order valence-electron chi connectivity index (χ3n) is 3.68. The number of carboxylic acids is 1. The van der Waals surface area contributed by atoms with Crippen LogP contribution in [0, 0.1) is 11.8 Å². The van der Waals surface area contributed by atoms with Gasteiger partial charge in [-0.15, -0.1) is 0 Å². The summed E-state index contributed by atoms with van der Waals surface area (Å²) in [5.74, 6) is 0.163. The second kappa shape index (κ2) is 8.91. The van der Waals surface area contributed by atoms with Crippen molar-refractivity contribution in [3.63, 3.8) is 0 Å². The molecule has 1 saturated heterocycles. The number of carbonyl (C=O) groups excluding carboxylic acids is 1. The van der Waals surface area contributed by atoms with E-state index in [1.807, 2.05) is 6.92 Å². The molecule has 0 aromatic heterocycles. The van der Waals surface area contributed by atoms with E-state index in [-0.39, 0.29) is 18.2 Å². The maximum Gasteiger partial charge on any atom is 0.303 e. The van der Waals surface area contributed by atoms with Crippen LogP contribution in [0.15, 0.2) is 0 Å². The molecule has 0 bridgehead atoms. The highest BCUT2D eigenvalue weighted by Gasteiger charge is 2.14. The second-order valence-corrected chi connectivity index (χ2v) is 5.59. The van der Waals surface area contributed by atoms with E-state index < -0.39 is 5.97 Å². The van der Waals surface area contributed by atoms with Gasteiger partial charge in [-0.1, -0.05) is 6.92 Å². The van der Waals surface area contributed by atoms with Crippen LogP contribution in [0.3, 0.4) is 0 Å². The predicted octanol–water partition coefficient (Wildman–Crippen LogP) is 1.38. The SMILES string of the molecule is CC(CCC(=O)O)CNC(=O)CCC1CCCNC1. The zero-order valence-electron chi connectivity index (χ0n) is 11.8. The third kappa shape index (κ3) is 7.82. The zero-order valence-corrected chi connectivity index (χ0v) is 11.8. The van der Waals surface area contributed by atoms with Gasteiger partial charge >= 0.3 is 5.97 Å². The number of aliphatic carboxylic acids is 1. The first kappa shape index (κ1) is 16.0. The van der Waals surface area contributed by atoms with Crippen LogP contribution in [0.2, 0.25) is 0 Å². The van der Waals surface area contributed by atoms with Crippen molar-refractivity contribution in [3.8, 4) is 0 Å². The van der Waals surface area contributed by atoms with E-state index in [1.165, 1.54) is 12.8 Å². The highest BCUT2D eigenvalue weighted by atomic mass is 16.4. The molecule has 0 radical (unpaired) electrons. The summed E-state index contributed by atoms with van der Waals surface area (Å²) in [5, 5.41) is 14.8. The van der Waals surface area contributed by atoms with Crippen molar-refractivity contribution in [2.75, 3.05) is 19.6 Å². The number of hydrogen-bond donors (Lipinski definition) is 3. The molecule has 0 spiro atoms. The minimum atomic E-state index is -0.775. The minimum Gasteiger partial charge on any atom is -0.481 e. The Morgan fingerprint density at radius 2 is 2.21 bits per heavy atom. The van der Waals surface area contributed by atoms with E-state index >= 15 is 0 Å². The lowest BCUT2D eigenvalue weighted by Gasteiger charge is -2.22. The van der Waals surface area contributed by atoms with Gasteiger partial charge in [0.05, 0.1) is 0 Å². The van der Waals surface area contributed by atoms with E-state index in [2.05, 4.69) is 10.6 Å². The van der Waals surface area contributed by atoms with E-state index in [4.69, 9.17) is 5.11 Å². The average Bonchev–Trinajstić information content (AvgIpc) is 2.41. The number of rotatable bonds is 8. The van der Waals surface area contributed by atoms with E-state index in [0.717, 1.165) is 19.5 Å². The monoisotopic (exact) mass is 270 g/mol.